The number of halogens is 4. The van der Waals surface area contributed by atoms with Crippen molar-refractivity contribution in [1.82, 2.24) is 10.2 Å². The number of alkyl halides is 3. The van der Waals surface area contributed by atoms with Crippen LogP contribution in [0.2, 0.25) is 5.02 Å². The summed E-state index contributed by atoms with van der Waals surface area (Å²) in [5.41, 5.74) is 0.151. The van der Waals surface area contributed by atoms with Crippen LogP contribution in [-0.2, 0) is 17.4 Å². The van der Waals surface area contributed by atoms with Crippen LogP contribution in [-0.4, -0.2) is 16.1 Å². The molecular weight excluding hydrogens is 387 g/mol. The van der Waals surface area contributed by atoms with E-state index in [0.29, 0.717) is 15.6 Å². The van der Waals surface area contributed by atoms with Gasteiger partial charge in [-0.2, -0.15) is 13.2 Å². The predicted octanol–water partition coefficient (Wildman–Crippen LogP) is 5.06. The lowest BCUT2D eigenvalue weighted by molar-refractivity contribution is -0.137. The molecule has 0 atom stereocenters. The lowest BCUT2D eigenvalue weighted by atomic mass is 10.1. The Bertz CT molecular complexity index is 943. The number of nitrogens with one attached hydrogen (secondary N) is 1. The molecule has 0 aliphatic carbocycles. The number of hydrogen-bond acceptors (Lipinski definition) is 4. The summed E-state index contributed by atoms with van der Waals surface area (Å²) in [6.07, 6.45) is -4.65. The molecule has 0 saturated heterocycles. The van der Waals surface area contributed by atoms with Crippen LogP contribution in [0.5, 0.6) is 0 Å². The first-order valence-corrected chi connectivity index (χ1v) is 8.57. The van der Waals surface area contributed by atoms with E-state index in [-0.39, 0.29) is 17.1 Å². The molecular formula is C17H11ClF3N3OS. The summed E-state index contributed by atoms with van der Waals surface area (Å²) in [7, 11) is 0. The minimum absolute atomic E-state index is 0.203. The number of amides is 1. The Balaban J connectivity index is 1.69. The molecule has 2 aromatic carbocycles. The molecule has 0 unspecified atom stereocenters. The maximum absolute atomic E-state index is 12.7. The highest BCUT2D eigenvalue weighted by molar-refractivity contribution is 7.18. The Morgan fingerprint density at radius 2 is 1.88 bits per heavy atom. The Hall–Kier alpha value is -2.45. The van der Waals surface area contributed by atoms with Gasteiger partial charge >= 0.3 is 6.18 Å². The van der Waals surface area contributed by atoms with Gasteiger partial charge in [0.25, 0.3) is 0 Å². The monoisotopic (exact) mass is 397 g/mol. The first-order chi connectivity index (χ1) is 12.3. The van der Waals surface area contributed by atoms with Crippen molar-refractivity contribution < 1.29 is 18.0 Å². The summed E-state index contributed by atoms with van der Waals surface area (Å²) in [5, 5.41) is 11.7. The molecule has 3 rings (SSSR count). The Kier molecular flexibility index (Phi) is 5.24. The number of aromatic nitrogens is 2. The van der Waals surface area contributed by atoms with Gasteiger partial charge < -0.3 is 5.32 Å². The maximum Gasteiger partial charge on any atom is 0.416 e. The van der Waals surface area contributed by atoms with Crippen molar-refractivity contribution in [2.75, 3.05) is 5.32 Å². The van der Waals surface area contributed by atoms with Crippen molar-refractivity contribution in [3.05, 3.63) is 64.7 Å². The zero-order valence-electron chi connectivity index (χ0n) is 13.0. The van der Waals surface area contributed by atoms with Crippen LogP contribution >= 0.6 is 22.9 Å². The van der Waals surface area contributed by atoms with Gasteiger partial charge in [0.05, 0.1) is 17.0 Å². The van der Waals surface area contributed by atoms with E-state index in [2.05, 4.69) is 15.5 Å². The molecule has 1 N–H and O–H groups in total. The van der Waals surface area contributed by atoms with Crippen molar-refractivity contribution >= 4 is 34.0 Å². The largest absolute Gasteiger partial charge is 0.416 e. The van der Waals surface area contributed by atoms with Crippen LogP contribution in [0.3, 0.4) is 0 Å². The lowest BCUT2D eigenvalue weighted by Gasteiger charge is -2.08. The van der Waals surface area contributed by atoms with Gasteiger partial charge in [-0.3, -0.25) is 4.79 Å². The second kappa shape index (κ2) is 7.43. The third-order valence-corrected chi connectivity index (χ3v) is 4.60. The van der Waals surface area contributed by atoms with Crippen LogP contribution in [0.1, 0.15) is 11.1 Å². The van der Waals surface area contributed by atoms with Gasteiger partial charge in [-0.05, 0) is 17.7 Å². The summed E-state index contributed by atoms with van der Waals surface area (Å²) in [4.78, 5) is 12.1. The number of carbonyl (C=O) groups is 1. The summed E-state index contributed by atoms with van der Waals surface area (Å²) >= 11 is 7.22. The molecule has 0 radical (unpaired) electrons. The highest BCUT2D eigenvalue weighted by Gasteiger charge is 2.30. The molecule has 1 amide bonds. The molecule has 0 bridgehead atoms. The molecule has 1 heterocycles. The van der Waals surface area contributed by atoms with Crippen molar-refractivity contribution in [1.29, 1.82) is 0 Å². The van der Waals surface area contributed by atoms with E-state index in [9.17, 15) is 18.0 Å². The van der Waals surface area contributed by atoms with E-state index in [0.717, 1.165) is 23.5 Å². The predicted molar refractivity (Wildman–Crippen MR) is 94.1 cm³/mol. The summed E-state index contributed by atoms with van der Waals surface area (Å²) in [5.74, 6) is -0.480. The van der Waals surface area contributed by atoms with Gasteiger partial charge in [0, 0.05) is 5.56 Å². The van der Waals surface area contributed by atoms with Crippen molar-refractivity contribution in [3.63, 3.8) is 0 Å². The lowest BCUT2D eigenvalue weighted by Crippen LogP contribution is -2.15. The standard InChI is InChI=1S/C17H11ClF3N3OS/c18-13-7-2-1-6-12(13)15-23-24-16(26-15)22-14(25)9-10-4-3-5-11(8-10)17(19,20)21/h1-8H,9H2,(H,22,24,25). The molecule has 26 heavy (non-hydrogen) atoms. The maximum atomic E-state index is 12.7. The van der Waals surface area contributed by atoms with Gasteiger partial charge in [-0.15, -0.1) is 10.2 Å². The van der Waals surface area contributed by atoms with E-state index in [1.54, 1.807) is 24.3 Å². The van der Waals surface area contributed by atoms with Crippen LogP contribution < -0.4 is 5.32 Å². The van der Waals surface area contributed by atoms with Crippen LogP contribution in [0.4, 0.5) is 18.3 Å². The average Bonchev–Trinajstić information content (AvgIpc) is 3.02. The first-order valence-electron chi connectivity index (χ1n) is 7.37. The normalized spacial score (nSPS) is 11.4. The molecule has 0 aliphatic heterocycles. The summed E-state index contributed by atoms with van der Waals surface area (Å²) in [6, 6.07) is 11.7. The molecule has 4 nitrogen and oxygen atoms in total. The van der Waals surface area contributed by atoms with Gasteiger partial charge in [-0.25, -0.2) is 0 Å². The van der Waals surface area contributed by atoms with E-state index >= 15 is 0 Å². The number of hydrogen-bond donors (Lipinski definition) is 1. The highest BCUT2D eigenvalue weighted by Crippen LogP contribution is 2.32. The number of rotatable bonds is 4. The van der Waals surface area contributed by atoms with Crippen LogP contribution in [0.25, 0.3) is 10.6 Å². The second-order valence-electron chi connectivity index (χ2n) is 5.32. The number of carbonyl (C=O) groups excluding carboxylic acids is 1. The average molecular weight is 398 g/mol. The van der Waals surface area contributed by atoms with E-state index in [4.69, 9.17) is 11.6 Å². The highest BCUT2D eigenvalue weighted by atomic mass is 35.5. The minimum Gasteiger partial charge on any atom is -0.300 e. The Labute approximate surface area is 155 Å². The van der Waals surface area contributed by atoms with Gasteiger partial charge in [0.1, 0.15) is 0 Å². The zero-order valence-corrected chi connectivity index (χ0v) is 14.6. The van der Waals surface area contributed by atoms with E-state index in [1.165, 1.54) is 12.1 Å². The number of anilines is 1. The van der Waals surface area contributed by atoms with E-state index in [1.807, 2.05) is 0 Å². The first kappa shape index (κ1) is 18.3. The third kappa shape index (κ3) is 4.39. The fourth-order valence-electron chi connectivity index (χ4n) is 2.22. The molecule has 1 aromatic heterocycles. The zero-order chi connectivity index (χ0) is 18.7. The quantitative estimate of drug-likeness (QED) is 0.669. The molecule has 0 fully saturated rings. The SMILES string of the molecule is O=C(Cc1cccc(C(F)(F)F)c1)Nc1nnc(-c2ccccc2Cl)s1. The number of nitrogens with zero attached hydrogens (tertiary/aromatic N) is 2. The smallest absolute Gasteiger partial charge is 0.300 e. The Morgan fingerprint density at radius 1 is 1.12 bits per heavy atom. The summed E-state index contributed by atoms with van der Waals surface area (Å²) in [6.45, 7) is 0. The Morgan fingerprint density at radius 3 is 2.62 bits per heavy atom. The molecule has 134 valence electrons. The summed E-state index contributed by atoms with van der Waals surface area (Å²) < 4.78 is 38.2. The van der Waals surface area contributed by atoms with E-state index < -0.39 is 17.6 Å². The second-order valence-corrected chi connectivity index (χ2v) is 6.70. The van der Waals surface area contributed by atoms with Crippen molar-refractivity contribution in [2.24, 2.45) is 0 Å². The molecule has 3 aromatic rings. The topological polar surface area (TPSA) is 54.9 Å². The van der Waals surface area contributed by atoms with Gasteiger partial charge in [0.15, 0.2) is 5.01 Å². The van der Waals surface area contributed by atoms with Crippen LogP contribution in [0.15, 0.2) is 48.5 Å². The fraction of sp³-hybridized carbons (Fsp3) is 0.118. The minimum atomic E-state index is -4.45. The van der Waals surface area contributed by atoms with Gasteiger partial charge in [0.2, 0.25) is 11.0 Å². The van der Waals surface area contributed by atoms with Gasteiger partial charge in [-0.1, -0.05) is 59.3 Å². The van der Waals surface area contributed by atoms with Crippen LogP contribution in [0, 0.1) is 0 Å². The molecule has 0 saturated carbocycles. The molecule has 9 heteroatoms. The van der Waals surface area contributed by atoms with Crippen molar-refractivity contribution in [2.45, 2.75) is 12.6 Å². The molecule has 0 spiro atoms. The number of benzene rings is 2. The third-order valence-electron chi connectivity index (χ3n) is 3.39. The molecule has 0 aliphatic rings. The van der Waals surface area contributed by atoms with Crippen molar-refractivity contribution in [3.8, 4) is 10.6 Å². The fourth-order valence-corrected chi connectivity index (χ4v) is 3.30.